The summed E-state index contributed by atoms with van der Waals surface area (Å²) in [5, 5.41) is 7.15. The normalized spacial score (nSPS) is 22.8. The highest BCUT2D eigenvalue weighted by molar-refractivity contribution is 5.80. The number of ether oxygens (including phenoxy) is 1. The Morgan fingerprint density at radius 3 is 2.62 bits per heavy atom. The summed E-state index contributed by atoms with van der Waals surface area (Å²) in [5.74, 6) is 1.38. The zero-order valence-corrected chi connectivity index (χ0v) is 19.6. The van der Waals surface area contributed by atoms with E-state index in [2.05, 4.69) is 84.0 Å². The van der Waals surface area contributed by atoms with Crippen LogP contribution in [0.3, 0.4) is 0 Å². The molecule has 2 fully saturated rings. The van der Waals surface area contributed by atoms with Crippen LogP contribution in [0, 0.1) is 12.8 Å². The SMILES string of the molecule is CCNC(=NCC1CCOC1c1ccccc1)NC1CCN(Cc2cccc(C)c2)CC1. The Hall–Kier alpha value is -2.37. The van der Waals surface area contributed by atoms with Gasteiger partial charge in [-0.05, 0) is 44.2 Å². The lowest BCUT2D eigenvalue weighted by Gasteiger charge is -2.33. The third-order valence-electron chi connectivity index (χ3n) is 6.59. The first-order valence-electron chi connectivity index (χ1n) is 12.2. The Kier molecular flexibility index (Phi) is 8.18. The number of nitrogens with zero attached hydrogens (tertiary/aromatic N) is 2. The molecule has 5 heteroatoms. The molecule has 0 spiro atoms. The van der Waals surface area contributed by atoms with Crippen molar-refractivity contribution in [3.05, 3.63) is 71.3 Å². The van der Waals surface area contributed by atoms with Crippen LogP contribution in [0.4, 0.5) is 0 Å². The molecular weight excluding hydrogens is 396 g/mol. The van der Waals surface area contributed by atoms with Gasteiger partial charge in [0, 0.05) is 51.3 Å². The minimum absolute atomic E-state index is 0.160. The van der Waals surface area contributed by atoms with E-state index in [9.17, 15) is 0 Å². The highest BCUT2D eigenvalue weighted by Gasteiger charge is 2.29. The molecule has 2 aliphatic rings. The Balaban J connectivity index is 1.28. The van der Waals surface area contributed by atoms with Gasteiger partial charge in [0.05, 0.1) is 6.10 Å². The average molecular weight is 435 g/mol. The topological polar surface area (TPSA) is 48.9 Å². The van der Waals surface area contributed by atoms with Crippen molar-refractivity contribution in [2.45, 2.75) is 51.8 Å². The van der Waals surface area contributed by atoms with Gasteiger partial charge < -0.3 is 15.4 Å². The number of aryl methyl sites for hydroxylation is 1. The molecule has 2 aromatic carbocycles. The number of aliphatic imine (C=N–C) groups is 1. The fraction of sp³-hybridized carbons (Fsp3) is 0.519. The summed E-state index contributed by atoms with van der Waals surface area (Å²) in [6.45, 7) is 10.1. The van der Waals surface area contributed by atoms with Crippen molar-refractivity contribution in [2.24, 2.45) is 10.9 Å². The van der Waals surface area contributed by atoms with Gasteiger partial charge in [-0.2, -0.15) is 0 Å². The van der Waals surface area contributed by atoms with Crippen LogP contribution in [0.2, 0.25) is 0 Å². The standard InChI is InChI=1S/C27H38N4O/c1-3-28-27(29-19-24-14-17-32-26(24)23-10-5-4-6-11-23)30-25-12-15-31(16-13-25)20-22-9-7-8-21(2)18-22/h4-11,18,24-26H,3,12-17,19-20H2,1-2H3,(H2,28,29,30). The van der Waals surface area contributed by atoms with Crippen LogP contribution in [-0.2, 0) is 11.3 Å². The molecule has 32 heavy (non-hydrogen) atoms. The van der Waals surface area contributed by atoms with Crippen molar-refractivity contribution < 1.29 is 4.74 Å². The van der Waals surface area contributed by atoms with Gasteiger partial charge in [0.2, 0.25) is 0 Å². The highest BCUT2D eigenvalue weighted by atomic mass is 16.5. The van der Waals surface area contributed by atoms with E-state index in [1.165, 1.54) is 16.7 Å². The molecule has 0 aromatic heterocycles. The van der Waals surface area contributed by atoms with Crippen molar-refractivity contribution in [1.29, 1.82) is 0 Å². The number of guanidine groups is 1. The molecule has 2 aliphatic heterocycles. The van der Waals surface area contributed by atoms with E-state index >= 15 is 0 Å². The molecule has 0 radical (unpaired) electrons. The molecule has 0 amide bonds. The molecule has 2 N–H and O–H groups in total. The third kappa shape index (κ3) is 6.33. The molecule has 5 nitrogen and oxygen atoms in total. The van der Waals surface area contributed by atoms with Crippen LogP contribution in [0.25, 0.3) is 0 Å². The number of nitrogens with one attached hydrogen (secondary N) is 2. The Morgan fingerprint density at radius 1 is 1.06 bits per heavy atom. The number of benzene rings is 2. The zero-order chi connectivity index (χ0) is 22.2. The van der Waals surface area contributed by atoms with Crippen molar-refractivity contribution >= 4 is 5.96 Å². The first-order valence-corrected chi connectivity index (χ1v) is 12.2. The summed E-state index contributed by atoms with van der Waals surface area (Å²) in [6, 6.07) is 19.9. The predicted molar refractivity (Wildman–Crippen MR) is 132 cm³/mol. The van der Waals surface area contributed by atoms with E-state index in [-0.39, 0.29) is 6.10 Å². The monoisotopic (exact) mass is 434 g/mol. The average Bonchev–Trinajstić information content (AvgIpc) is 3.28. The van der Waals surface area contributed by atoms with Gasteiger partial charge in [-0.15, -0.1) is 0 Å². The quantitative estimate of drug-likeness (QED) is 0.504. The lowest BCUT2D eigenvalue weighted by Crippen LogP contribution is -2.48. The van der Waals surface area contributed by atoms with Crippen LogP contribution >= 0.6 is 0 Å². The van der Waals surface area contributed by atoms with Crippen LogP contribution in [0.1, 0.15) is 49.0 Å². The van der Waals surface area contributed by atoms with Gasteiger partial charge in [-0.1, -0.05) is 60.2 Å². The van der Waals surface area contributed by atoms with Crippen molar-refractivity contribution in [2.75, 3.05) is 32.8 Å². The smallest absolute Gasteiger partial charge is 0.191 e. The second-order valence-corrected chi connectivity index (χ2v) is 9.15. The molecule has 2 unspecified atom stereocenters. The number of likely N-dealkylation sites (tertiary alicyclic amines) is 1. The molecular formula is C27H38N4O. The summed E-state index contributed by atoms with van der Waals surface area (Å²) in [5.41, 5.74) is 4.02. The summed E-state index contributed by atoms with van der Waals surface area (Å²) in [4.78, 5) is 7.53. The number of piperidine rings is 1. The summed E-state index contributed by atoms with van der Waals surface area (Å²) in [6.07, 6.45) is 3.53. The Bertz CT molecular complexity index is 861. The van der Waals surface area contributed by atoms with Gasteiger partial charge in [-0.25, -0.2) is 0 Å². The largest absolute Gasteiger partial charge is 0.373 e. The first-order chi connectivity index (χ1) is 15.7. The van der Waals surface area contributed by atoms with E-state index in [0.29, 0.717) is 12.0 Å². The van der Waals surface area contributed by atoms with E-state index in [4.69, 9.17) is 9.73 Å². The van der Waals surface area contributed by atoms with Crippen LogP contribution in [0.15, 0.2) is 59.6 Å². The molecule has 2 aromatic rings. The lowest BCUT2D eigenvalue weighted by molar-refractivity contribution is 0.0925. The minimum atomic E-state index is 0.160. The van der Waals surface area contributed by atoms with Gasteiger partial charge in [0.1, 0.15) is 0 Å². The minimum Gasteiger partial charge on any atom is -0.373 e. The second kappa shape index (κ2) is 11.5. The number of rotatable bonds is 7. The molecule has 4 rings (SSSR count). The molecule has 0 bridgehead atoms. The van der Waals surface area contributed by atoms with E-state index < -0.39 is 0 Å². The molecule has 2 saturated heterocycles. The Labute approximate surface area is 193 Å². The summed E-state index contributed by atoms with van der Waals surface area (Å²) >= 11 is 0. The molecule has 2 atom stereocenters. The maximum Gasteiger partial charge on any atom is 0.191 e. The Morgan fingerprint density at radius 2 is 1.88 bits per heavy atom. The molecule has 2 heterocycles. The van der Waals surface area contributed by atoms with Crippen molar-refractivity contribution in [3.8, 4) is 0 Å². The highest BCUT2D eigenvalue weighted by Crippen LogP contribution is 2.34. The third-order valence-corrected chi connectivity index (χ3v) is 6.59. The molecule has 172 valence electrons. The maximum atomic E-state index is 6.05. The maximum absolute atomic E-state index is 6.05. The number of hydrogen-bond donors (Lipinski definition) is 2. The van der Waals surface area contributed by atoms with Crippen LogP contribution in [-0.4, -0.2) is 49.7 Å². The molecule has 0 saturated carbocycles. The molecule has 0 aliphatic carbocycles. The van der Waals surface area contributed by atoms with E-state index in [1.54, 1.807) is 0 Å². The van der Waals surface area contributed by atoms with Gasteiger partial charge in [0.15, 0.2) is 5.96 Å². The second-order valence-electron chi connectivity index (χ2n) is 9.15. The van der Waals surface area contributed by atoms with Crippen LogP contribution in [0.5, 0.6) is 0 Å². The van der Waals surface area contributed by atoms with Gasteiger partial charge >= 0.3 is 0 Å². The first kappa shape index (κ1) is 22.8. The fourth-order valence-corrected chi connectivity index (χ4v) is 4.86. The van der Waals surface area contributed by atoms with E-state index in [0.717, 1.165) is 64.6 Å². The van der Waals surface area contributed by atoms with Crippen molar-refractivity contribution in [3.63, 3.8) is 0 Å². The predicted octanol–water partition coefficient (Wildman–Crippen LogP) is 4.29. The lowest BCUT2D eigenvalue weighted by atomic mass is 9.95. The summed E-state index contributed by atoms with van der Waals surface area (Å²) < 4.78 is 6.05. The van der Waals surface area contributed by atoms with Crippen molar-refractivity contribution in [1.82, 2.24) is 15.5 Å². The fourth-order valence-electron chi connectivity index (χ4n) is 4.86. The van der Waals surface area contributed by atoms with Gasteiger partial charge in [-0.3, -0.25) is 9.89 Å². The van der Waals surface area contributed by atoms with Gasteiger partial charge in [0.25, 0.3) is 0 Å². The number of hydrogen-bond acceptors (Lipinski definition) is 3. The zero-order valence-electron chi connectivity index (χ0n) is 19.6. The van der Waals surface area contributed by atoms with Crippen LogP contribution < -0.4 is 10.6 Å². The van der Waals surface area contributed by atoms with E-state index in [1.807, 2.05) is 0 Å². The summed E-state index contributed by atoms with van der Waals surface area (Å²) in [7, 11) is 0.